The molecule has 2 aromatic carbocycles. The van der Waals surface area contributed by atoms with E-state index in [1.165, 1.54) is 12.1 Å². The Morgan fingerprint density at radius 3 is 2.43 bits per heavy atom. The number of halogens is 1. The number of para-hydroxylation sites is 1. The molecule has 0 aliphatic carbocycles. The van der Waals surface area contributed by atoms with Gasteiger partial charge in [-0.25, -0.2) is 4.39 Å². The summed E-state index contributed by atoms with van der Waals surface area (Å²) in [6.07, 6.45) is 0.588. The quantitative estimate of drug-likeness (QED) is 0.903. The molecule has 0 fully saturated rings. The average Bonchev–Trinajstić information content (AvgIpc) is 2.41. The lowest BCUT2D eigenvalue weighted by Gasteiger charge is -2.23. The highest BCUT2D eigenvalue weighted by Crippen LogP contribution is 2.35. The Bertz CT molecular complexity index is 617. The number of hydrogen-bond acceptors (Lipinski definition) is 2. The molecule has 0 radical (unpaired) electrons. The maximum absolute atomic E-state index is 13.4. The Kier molecular flexibility index (Phi) is 4.63. The van der Waals surface area contributed by atoms with Gasteiger partial charge in [0, 0.05) is 5.56 Å². The van der Waals surface area contributed by atoms with Gasteiger partial charge in [0.05, 0.1) is 0 Å². The van der Waals surface area contributed by atoms with Crippen molar-refractivity contribution in [1.82, 2.24) is 0 Å². The molecule has 2 N–H and O–H groups in total. The summed E-state index contributed by atoms with van der Waals surface area (Å²) < 4.78 is 19.4. The number of hydrogen-bond donors (Lipinski definition) is 1. The van der Waals surface area contributed by atoms with Crippen molar-refractivity contribution in [1.29, 1.82) is 0 Å². The standard InChI is InChI=1S/C18H22FNO/c1-18(2,3)15-6-4-5-7-17(15)21-16-9-8-14(19)12-13(16)10-11-20/h4-9,12H,10-11,20H2,1-3H3. The van der Waals surface area contributed by atoms with Crippen molar-refractivity contribution in [3.8, 4) is 11.5 Å². The summed E-state index contributed by atoms with van der Waals surface area (Å²) in [5.74, 6) is 1.20. The van der Waals surface area contributed by atoms with E-state index in [0.29, 0.717) is 18.7 Å². The molecule has 0 bridgehead atoms. The summed E-state index contributed by atoms with van der Waals surface area (Å²) in [6.45, 7) is 6.88. The molecule has 21 heavy (non-hydrogen) atoms. The summed E-state index contributed by atoms with van der Waals surface area (Å²) in [6, 6.07) is 12.5. The van der Waals surface area contributed by atoms with E-state index < -0.39 is 0 Å². The second kappa shape index (κ2) is 6.27. The van der Waals surface area contributed by atoms with Crippen molar-refractivity contribution >= 4 is 0 Å². The molecule has 0 heterocycles. The fourth-order valence-electron chi connectivity index (χ4n) is 2.29. The lowest BCUT2D eigenvalue weighted by Crippen LogP contribution is -2.12. The van der Waals surface area contributed by atoms with Crippen molar-refractivity contribution < 1.29 is 9.13 Å². The Morgan fingerprint density at radius 1 is 1.05 bits per heavy atom. The Balaban J connectivity index is 2.39. The third-order valence-corrected chi connectivity index (χ3v) is 3.35. The van der Waals surface area contributed by atoms with Gasteiger partial charge < -0.3 is 10.5 Å². The first-order chi connectivity index (χ1) is 9.91. The molecule has 3 heteroatoms. The monoisotopic (exact) mass is 287 g/mol. The Morgan fingerprint density at radius 2 is 1.76 bits per heavy atom. The predicted molar refractivity (Wildman–Crippen MR) is 84.4 cm³/mol. The van der Waals surface area contributed by atoms with E-state index >= 15 is 0 Å². The average molecular weight is 287 g/mol. The second-order valence-corrected chi connectivity index (χ2v) is 6.14. The fourth-order valence-corrected chi connectivity index (χ4v) is 2.29. The van der Waals surface area contributed by atoms with Crippen LogP contribution in [0.3, 0.4) is 0 Å². The third kappa shape index (κ3) is 3.82. The van der Waals surface area contributed by atoms with Crippen LogP contribution in [-0.4, -0.2) is 6.54 Å². The van der Waals surface area contributed by atoms with Crippen LogP contribution in [0.1, 0.15) is 31.9 Å². The summed E-state index contributed by atoms with van der Waals surface area (Å²) in [5.41, 5.74) is 7.48. The van der Waals surface area contributed by atoms with Crippen molar-refractivity contribution in [3.05, 3.63) is 59.4 Å². The van der Waals surface area contributed by atoms with Gasteiger partial charge >= 0.3 is 0 Å². The van der Waals surface area contributed by atoms with Crippen molar-refractivity contribution in [2.45, 2.75) is 32.6 Å². The number of benzene rings is 2. The largest absolute Gasteiger partial charge is 0.457 e. The SMILES string of the molecule is CC(C)(C)c1ccccc1Oc1ccc(F)cc1CCN. The van der Waals surface area contributed by atoms with E-state index in [2.05, 4.69) is 26.8 Å². The Hall–Kier alpha value is -1.87. The van der Waals surface area contributed by atoms with Crippen molar-refractivity contribution in [2.24, 2.45) is 5.73 Å². The minimum atomic E-state index is -0.269. The highest BCUT2D eigenvalue weighted by atomic mass is 19.1. The molecular weight excluding hydrogens is 265 g/mol. The van der Waals surface area contributed by atoms with Crippen LogP contribution in [0.5, 0.6) is 11.5 Å². The van der Waals surface area contributed by atoms with Gasteiger partial charge in [-0.05, 0) is 48.2 Å². The number of nitrogens with two attached hydrogens (primary N) is 1. The maximum Gasteiger partial charge on any atom is 0.131 e. The molecule has 0 atom stereocenters. The molecule has 0 spiro atoms. The minimum absolute atomic E-state index is 0.0232. The fraction of sp³-hybridized carbons (Fsp3) is 0.333. The molecule has 0 saturated carbocycles. The van der Waals surface area contributed by atoms with Gasteiger partial charge in [-0.15, -0.1) is 0 Å². The van der Waals surface area contributed by atoms with Crippen LogP contribution in [0.2, 0.25) is 0 Å². The normalized spacial score (nSPS) is 11.5. The van der Waals surface area contributed by atoms with E-state index in [0.717, 1.165) is 16.9 Å². The molecular formula is C18H22FNO. The van der Waals surface area contributed by atoms with E-state index in [9.17, 15) is 4.39 Å². The highest BCUT2D eigenvalue weighted by molar-refractivity contribution is 5.44. The van der Waals surface area contributed by atoms with Crippen LogP contribution < -0.4 is 10.5 Å². The molecule has 2 nitrogen and oxygen atoms in total. The summed E-state index contributed by atoms with van der Waals surface area (Å²) in [5, 5.41) is 0. The van der Waals surface area contributed by atoms with Crippen LogP contribution in [-0.2, 0) is 11.8 Å². The van der Waals surface area contributed by atoms with Crippen LogP contribution in [0.15, 0.2) is 42.5 Å². The van der Waals surface area contributed by atoms with E-state index in [-0.39, 0.29) is 11.2 Å². The number of ether oxygens (including phenoxy) is 1. The van der Waals surface area contributed by atoms with Crippen LogP contribution in [0.25, 0.3) is 0 Å². The number of rotatable bonds is 4. The zero-order valence-electron chi connectivity index (χ0n) is 12.8. The molecule has 0 amide bonds. The summed E-state index contributed by atoms with van der Waals surface area (Å²) >= 11 is 0. The van der Waals surface area contributed by atoms with Crippen LogP contribution in [0.4, 0.5) is 4.39 Å². The van der Waals surface area contributed by atoms with Gasteiger partial charge in [-0.1, -0.05) is 39.0 Å². The van der Waals surface area contributed by atoms with Crippen molar-refractivity contribution in [3.63, 3.8) is 0 Å². The molecule has 0 aliphatic rings. The van der Waals surface area contributed by atoms with Crippen LogP contribution >= 0.6 is 0 Å². The molecule has 112 valence electrons. The van der Waals surface area contributed by atoms with E-state index in [1.54, 1.807) is 6.07 Å². The van der Waals surface area contributed by atoms with Gasteiger partial charge in [0.1, 0.15) is 17.3 Å². The topological polar surface area (TPSA) is 35.2 Å². The maximum atomic E-state index is 13.4. The minimum Gasteiger partial charge on any atom is -0.457 e. The van der Waals surface area contributed by atoms with Crippen LogP contribution in [0, 0.1) is 5.82 Å². The lowest BCUT2D eigenvalue weighted by atomic mass is 9.86. The summed E-state index contributed by atoms with van der Waals surface area (Å²) in [7, 11) is 0. The molecule has 0 unspecified atom stereocenters. The molecule has 2 aromatic rings. The molecule has 0 saturated heterocycles. The first-order valence-electron chi connectivity index (χ1n) is 7.17. The molecule has 2 rings (SSSR count). The second-order valence-electron chi connectivity index (χ2n) is 6.14. The molecule has 0 aromatic heterocycles. The van der Waals surface area contributed by atoms with Gasteiger partial charge in [-0.2, -0.15) is 0 Å². The van der Waals surface area contributed by atoms with Gasteiger partial charge in [0.25, 0.3) is 0 Å². The third-order valence-electron chi connectivity index (χ3n) is 3.35. The smallest absolute Gasteiger partial charge is 0.131 e. The lowest BCUT2D eigenvalue weighted by molar-refractivity contribution is 0.449. The first kappa shape index (κ1) is 15.5. The highest BCUT2D eigenvalue weighted by Gasteiger charge is 2.19. The zero-order valence-corrected chi connectivity index (χ0v) is 12.8. The van der Waals surface area contributed by atoms with Gasteiger partial charge in [0.2, 0.25) is 0 Å². The Labute approximate surface area is 125 Å². The molecule has 0 aliphatic heterocycles. The van der Waals surface area contributed by atoms with Crippen molar-refractivity contribution in [2.75, 3.05) is 6.54 Å². The first-order valence-corrected chi connectivity index (χ1v) is 7.17. The zero-order chi connectivity index (χ0) is 15.5. The van der Waals surface area contributed by atoms with E-state index in [1.807, 2.05) is 18.2 Å². The van der Waals surface area contributed by atoms with Gasteiger partial charge in [0.15, 0.2) is 0 Å². The van der Waals surface area contributed by atoms with Gasteiger partial charge in [-0.3, -0.25) is 0 Å². The summed E-state index contributed by atoms with van der Waals surface area (Å²) in [4.78, 5) is 0. The predicted octanol–water partition coefficient (Wildman–Crippen LogP) is 4.42. The van der Waals surface area contributed by atoms with E-state index in [4.69, 9.17) is 10.5 Å².